The monoisotopic (exact) mass is 300 g/mol. The van der Waals surface area contributed by atoms with Crippen molar-refractivity contribution in [3.63, 3.8) is 0 Å². The molecule has 0 unspecified atom stereocenters. The van der Waals surface area contributed by atoms with Gasteiger partial charge in [-0.3, -0.25) is 19.7 Å². The summed E-state index contributed by atoms with van der Waals surface area (Å²) < 4.78 is 1.07. The molecule has 0 bridgehead atoms. The second-order valence-corrected chi connectivity index (χ2v) is 6.73. The Morgan fingerprint density at radius 3 is 2.67 bits per heavy atom. The normalized spacial score (nSPS) is 19.9. The van der Waals surface area contributed by atoms with Crippen molar-refractivity contribution >= 4 is 39.1 Å². The van der Waals surface area contributed by atoms with Crippen LogP contribution in [0.2, 0.25) is 0 Å². The molecule has 4 rings (SSSR count). The maximum atomic E-state index is 12.4. The van der Waals surface area contributed by atoms with Crippen molar-refractivity contribution in [2.75, 3.05) is 13.1 Å². The van der Waals surface area contributed by atoms with Gasteiger partial charge in [0.15, 0.2) is 0 Å². The van der Waals surface area contributed by atoms with Gasteiger partial charge in [0.1, 0.15) is 0 Å². The van der Waals surface area contributed by atoms with Gasteiger partial charge in [-0.2, -0.15) is 0 Å². The molecule has 0 atom stereocenters. The van der Waals surface area contributed by atoms with Gasteiger partial charge >= 0.3 is 0 Å². The Balaban J connectivity index is 1.55. The highest BCUT2D eigenvalue weighted by Gasteiger charge is 2.56. The lowest BCUT2D eigenvalue weighted by molar-refractivity contribution is -0.134. The van der Waals surface area contributed by atoms with Gasteiger partial charge < -0.3 is 4.90 Å². The van der Waals surface area contributed by atoms with E-state index in [-0.39, 0.29) is 24.1 Å². The van der Waals surface area contributed by atoms with Crippen LogP contribution in [-0.4, -0.2) is 35.7 Å². The Morgan fingerprint density at radius 2 is 2.00 bits per heavy atom. The minimum Gasteiger partial charge on any atom is -0.336 e. The fourth-order valence-corrected chi connectivity index (χ4v) is 4.05. The number of likely N-dealkylation sites (tertiary alicyclic amines) is 1. The van der Waals surface area contributed by atoms with Crippen LogP contribution in [0.3, 0.4) is 0 Å². The number of nitrogens with one attached hydrogen (secondary N) is 1. The predicted molar refractivity (Wildman–Crippen MR) is 77.9 cm³/mol. The van der Waals surface area contributed by atoms with E-state index in [9.17, 15) is 14.4 Å². The van der Waals surface area contributed by atoms with Crippen LogP contribution in [0.1, 0.15) is 16.1 Å². The summed E-state index contributed by atoms with van der Waals surface area (Å²) in [6.07, 6.45) is 0.196. The number of hydrogen-bond acceptors (Lipinski definition) is 4. The van der Waals surface area contributed by atoms with Crippen LogP contribution in [-0.2, 0) is 9.59 Å². The fourth-order valence-electron chi connectivity index (χ4n) is 3.02. The van der Waals surface area contributed by atoms with Crippen LogP contribution in [0.4, 0.5) is 0 Å². The van der Waals surface area contributed by atoms with E-state index in [1.165, 1.54) is 11.3 Å². The molecule has 0 radical (unpaired) electrons. The summed E-state index contributed by atoms with van der Waals surface area (Å²) in [4.78, 5) is 37.8. The molecule has 106 valence electrons. The first kappa shape index (κ1) is 12.5. The Kier molecular flexibility index (Phi) is 2.47. The van der Waals surface area contributed by atoms with Crippen molar-refractivity contribution < 1.29 is 14.4 Å². The van der Waals surface area contributed by atoms with Gasteiger partial charge in [-0.15, -0.1) is 11.3 Å². The van der Waals surface area contributed by atoms with Crippen LogP contribution in [0.5, 0.6) is 0 Å². The molecule has 5 nitrogen and oxygen atoms in total. The molecular weight excluding hydrogens is 288 g/mol. The van der Waals surface area contributed by atoms with E-state index in [0.717, 1.165) is 10.1 Å². The highest BCUT2D eigenvalue weighted by atomic mass is 32.1. The Hall–Kier alpha value is -2.21. The van der Waals surface area contributed by atoms with Gasteiger partial charge in [-0.05, 0) is 17.5 Å². The molecule has 2 aliphatic heterocycles. The van der Waals surface area contributed by atoms with E-state index < -0.39 is 5.41 Å². The number of rotatable bonds is 1. The third-order valence-electron chi connectivity index (χ3n) is 4.14. The number of hydrogen-bond donors (Lipinski definition) is 1. The summed E-state index contributed by atoms with van der Waals surface area (Å²) in [5, 5.41) is 3.37. The van der Waals surface area contributed by atoms with Gasteiger partial charge in [0.2, 0.25) is 11.8 Å². The van der Waals surface area contributed by atoms with E-state index >= 15 is 0 Å². The molecule has 2 aromatic rings. The Morgan fingerprint density at radius 1 is 1.24 bits per heavy atom. The standard InChI is InChI=1S/C15H12N2O3S/c18-12-6-15(14(20)16-12)7-17(8-15)13(19)11-5-9-3-1-2-4-10(9)21-11/h1-5H,6-8H2,(H,16,18,20). The Bertz CT molecular complexity index is 756. The molecule has 0 saturated carbocycles. The molecular formula is C15H12N2O3S. The average molecular weight is 300 g/mol. The number of imide groups is 1. The second-order valence-electron chi connectivity index (χ2n) is 5.64. The number of amides is 3. The van der Waals surface area contributed by atoms with Crippen LogP contribution < -0.4 is 5.32 Å². The van der Waals surface area contributed by atoms with Gasteiger partial charge in [0.25, 0.3) is 5.91 Å². The van der Waals surface area contributed by atoms with Crippen molar-refractivity contribution in [2.24, 2.45) is 5.41 Å². The van der Waals surface area contributed by atoms with Crippen LogP contribution in [0.15, 0.2) is 30.3 Å². The largest absolute Gasteiger partial charge is 0.336 e. The number of nitrogens with zero attached hydrogens (tertiary/aromatic N) is 1. The van der Waals surface area contributed by atoms with Crippen LogP contribution >= 0.6 is 11.3 Å². The van der Waals surface area contributed by atoms with Crippen molar-refractivity contribution in [2.45, 2.75) is 6.42 Å². The highest BCUT2D eigenvalue weighted by Crippen LogP contribution is 2.39. The molecule has 3 amide bonds. The summed E-state index contributed by atoms with van der Waals surface area (Å²) in [5.41, 5.74) is -0.677. The summed E-state index contributed by atoms with van der Waals surface area (Å²) in [5.74, 6) is -0.546. The van der Waals surface area contributed by atoms with E-state index in [1.807, 2.05) is 30.3 Å². The number of benzene rings is 1. The van der Waals surface area contributed by atoms with Crippen LogP contribution in [0, 0.1) is 5.41 Å². The first-order valence-corrected chi connectivity index (χ1v) is 7.51. The number of carbonyl (C=O) groups is 3. The second kappa shape index (κ2) is 4.14. The lowest BCUT2D eigenvalue weighted by Gasteiger charge is -2.45. The lowest BCUT2D eigenvalue weighted by atomic mass is 9.78. The molecule has 1 N–H and O–H groups in total. The van der Waals surface area contributed by atoms with E-state index in [4.69, 9.17) is 0 Å². The zero-order valence-electron chi connectivity index (χ0n) is 11.1. The first-order valence-electron chi connectivity index (χ1n) is 6.70. The quantitative estimate of drug-likeness (QED) is 0.809. The average Bonchev–Trinajstić information content (AvgIpc) is 2.96. The third kappa shape index (κ3) is 1.79. The Labute approximate surface area is 124 Å². The minimum absolute atomic E-state index is 0.0611. The maximum Gasteiger partial charge on any atom is 0.264 e. The van der Waals surface area contributed by atoms with Crippen molar-refractivity contribution in [3.05, 3.63) is 35.2 Å². The van der Waals surface area contributed by atoms with Crippen LogP contribution in [0.25, 0.3) is 10.1 Å². The summed E-state index contributed by atoms with van der Waals surface area (Å²) in [6.45, 7) is 0.662. The topological polar surface area (TPSA) is 66.5 Å². The van der Waals surface area contributed by atoms with Gasteiger partial charge in [0.05, 0.1) is 10.3 Å². The van der Waals surface area contributed by atoms with E-state index in [0.29, 0.717) is 18.0 Å². The maximum absolute atomic E-state index is 12.4. The van der Waals surface area contributed by atoms with Gasteiger partial charge in [-0.1, -0.05) is 18.2 Å². The highest BCUT2D eigenvalue weighted by molar-refractivity contribution is 7.20. The molecule has 1 aromatic heterocycles. The number of carbonyl (C=O) groups excluding carboxylic acids is 3. The molecule has 1 spiro atoms. The number of fused-ring (bicyclic) bond motifs is 1. The van der Waals surface area contributed by atoms with Gasteiger partial charge in [-0.25, -0.2) is 0 Å². The molecule has 2 saturated heterocycles. The molecule has 2 aliphatic rings. The summed E-state index contributed by atoms with van der Waals surface area (Å²) >= 11 is 1.46. The van der Waals surface area contributed by atoms with Crippen molar-refractivity contribution in [1.29, 1.82) is 0 Å². The molecule has 1 aromatic carbocycles. The molecule has 0 aliphatic carbocycles. The zero-order chi connectivity index (χ0) is 14.6. The fraction of sp³-hybridized carbons (Fsp3) is 0.267. The number of thiophene rings is 1. The van der Waals surface area contributed by atoms with E-state index in [1.54, 1.807) is 4.90 Å². The summed E-state index contributed by atoms with van der Waals surface area (Å²) in [6, 6.07) is 9.73. The summed E-state index contributed by atoms with van der Waals surface area (Å²) in [7, 11) is 0. The molecule has 2 fully saturated rings. The smallest absolute Gasteiger partial charge is 0.264 e. The van der Waals surface area contributed by atoms with E-state index in [2.05, 4.69) is 5.32 Å². The zero-order valence-corrected chi connectivity index (χ0v) is 11.9. The molecule has 21 heavy (non-hydrogen) atoms. The first-order chi connectivity index (χ1) is 10.1. The predicted octanol–water partition coefficient (Wildman–Crippen LogP) is 1.39. The lowest BCUT2D eigenvalue weighted by Crippen LogP contribution is -2.61. The minimum atomic E-state index is -0.677. The van der Waals surface area contributed by atoms with Crippen molar-refractivity contribution in [3.8, 4) is 0 Å². The van der Waals surface area contributed by atoms with Gasteiger partial charge in [0, 0.05) is 24.2 Å². The SMILES string of the molecule is O=C1CC2(CN(C(=O)c3cc4ccccc4s3)C2)C(=O)N1. The molecule has 3 heterocycles. The molecule has 6 heteroatoms. The third-order valence-corrected chi connectivity index (χ3v) is 5.25. The van der Waals surface area contributed by atoms with Crippen molar-refractivity contribution in [1.82, 2.24) is 10.2 Å².